The number of nitrogens with one attached hydrogen (secondary N) is 1. The molecule has 1 saturated carbocycles. The van der Waals surface area contributed by atoms with Crippen LogP contribution in [0.2, 0.25) is 0 Å². The van der Waals surface area contributed by atoms with Crippen molar-refractivity contribution in [2.24, 2.45) is 0 Å². The van der Waals surface area contributed by atoms with Crippen LogP contribution >= 0.6 is 0 Å². The smallest absolute Gasteiger partial charge is 0.251 e. The molecule has 0 unspecified atom stereocenters. The van der Waals surface area contributed by atoms with Crippen LogP contribution in [0.4, 0.5) is 0 Å². The number of fused-ring (bicyclic) bond motifs is 1. The average molecular weight is 366 g/mol. The van der Waals surface area contributed by atoms with Gasteiger partial charge in [-0.15, -0.1) is 0 Å². The van der Waals surface area contributed by atoms with Crippen molar-refractivity contribution in [3.05, 3.63) is 53.1 Å². The van der Waals surface area contributed by atoms with Crippen LogP contribution in [0.3, 0.4) is 0 Å². The van der Waals surface area contributed by atoms with Crippen molar-refractivity contribution >= 4 is 5.91 Å². The van der Waals surface area contributed by atoms with Crippen LogP contribution in [-0.4, -0.2) is 42.1 Å². The fourth-order valence-electron chi connectivity index (χ4n) is 3.92. The molecule has 5 nitrogen and oxygen atoms in total. The highest BCUT2D eigenvalue weighted by Crippen LogP contribution is 2.33. The lowest BCUT2D eigenvalue weighted by Crippen LogP contribution is -2.41. The first-order valence-electron chi connectivity index (χ1n) is 9.73. The van der Waals surface area contributed by atoms with Crippen LogP contribution in [0.1, 0.15) is 40.7 Å². The Bertz CT molecular complexity index is 845. The molecule has 1 amide bonds. The topological polar surface area (TPSA) is 61.8 Å². The Morgan fingerprint density at radius 2 is 1.89 bits per heavy atom. The molecule has 2 aromatic rings. The molecule has 2 N–H and O–H groups in total. The number of hydrogen-bond acceptors (Lipinski definition) is 4. The maximum absolute atomic E-state index is 11.7. The van der Waals surface area contributed by atoms with Crippen LogP contribution in [-0.2, 0) is 12.8 Å². The molecule has 142 valence electrons. The third-order valence-corrected chi connectivity index (χ3v) is 5.78. The van der Waals surface area contributed by atoms with Crippen molar-refractivity contribution in [2.75, 3.05) is 20.1 Å². The minimum absolute atomic E-state index is 0.0396. The molecule has 2 aliphatic rings. The summed E-state index contributed by atoms with van der Waals surface area (Å²) in [7, 11) is 1.56. The molecule has 0 atom stereocenters. The molecule has 0 spiro atoms. The zero-order valence-electron chi connectivity index (χ0n) is 15.7. The summed E-state index contributed by atoms with van der Waals surface area (Å²) in [6.07, 6.45) is 6.17. The molecule has 27 heavy (non-hydrogen) atoms. The third kappa shape index (κ3) is 3.78. The van der Waals surface area contributed by atoms with Gasteiger partial charge in [0.1, 0.15) is 5.75 Å². The first kappa shape index (κ1) is 17.9. The molecule has 1 heterocycles. The van der Waals surface area contributed by atoms with Gasteiger partial charge in [0.2, 0.25) is 0 Å². The average Bonchev–Trinajstić information content (AvgIpc) is 2.84. The first-order valence-corrected chi connectivity index (χ1v) is 9.73. The second-order valence-electron chi connectivity index (χ2n) is 7.41. The zero-order valence-corrected chi connectivity index (χ0v) is 15.7. The molecule has 0 bridgehead atoms. The Balaban J connectivity index is 1.48. The van der Waals surface area contributed by atoms with Gasteiger partial charge in [-0.2, -0.15) is 0 Å². The van der Waals surface area contributed by atoms with Gasteiger partial charge >= 0.3 is 0 Å². The standard InChI is InChI=1S/C22H26N2O3/c1-23-22(26)17-6-8-21(20(25)14-17)27-19-7-5-15-9-11-24(18-3-2-4-18)12-10-16(15)13-19/h5-8,13-14,18,25H,2-4,9-12H2,1H3,(H,23,26). The summed E-state index contributed by atoms with van der Waals surface area (Å²) in [5.41, 5.74) is 3.12. The summed E-state index contributed by atoms with van der Waals surface area (Å²) >= 11 is 0. The number of aromatic hydroxyl groups is 1. The highest BCUT2D eigenvalue weighted by molar-refractivity contribution is 5.94. The largest absolute Gasteiger partial charge is 0.504 e. The Morgan fingerprint density at radius 3 is 2.56 bits per heavy atom. The lowest BCUT2D eigenvalue weighted by Gasteiger charge is -2.36. The van der Waals surface area contributed by atoms with Gasteiger partial charge in [0.05, 0.1) is 0 Å². The molecular weight excluding hydrogens is 340 g/mol. The number of carbonyl (C=O) groups excluding carboxylic acids is 1. The monoisotopic (exact) mass is 366 g/mol. The van der Waals surface area contributed by atoms with Gasteiger partial charge in [0.15, 0.2) is 11.5 Å². The van der Waals surface area contributed by atoms with Gasteiger partial charge in [0, 0.05) is 31.7 Å². The van der Waals surface area contributed by atoms with E-state index in [1.54, 1.807) is 19.2 Å². The molecular formula is C22H26N2O3. The van der Waals surface area contributed by atoms with E-state index in [0.717, 1.165) is 32.0 Å². The summed E-state index contributed by atoms with van der Waals surface area (Å²) in [5.74, 6) is 0.793. The van der Waals surface area contributed by atoms with Crippen molar-refractivity contribution in [1.29, 1.82) is 0 Å². The Kier molecular flexibility index (Phi) is 5.03. The summed E-state index contributed by atoms with van der Waals surface area (Å²) in [6, 6.07) is 11.7. The maximum Gasteiger partial charge on any atom is 0.251 e. The number of nitrogens with zero attached hydrogens (tertiary/aromatic N) is 1. The van der Waals surface area contributed by atoms with Crippen LogP contribution in [0, 0.1) is 0 Å². The van der Waals surface area contributed by atoms with Gasteiger partial charge in [0.25, 0.3) is 5.91 Å². The number of hydrogen-bond donors (Lipinski definition) is 2. The number of phenols is 1. The summed E-state index contributed by atoms with van der Waals surface area (Å²) in [5, 5.41) is 12.7. The Hall–Kier alpha value is -2.53. The van der Waals surface area contributed by atoms with E-state index >= 15 is 0 Å². The van der Waals surface area contributed by atoms with Gasteiger partial charge in [-0.3, -0.25) is 9.69 Å². The van der Waals surface area contributed by atoms with Gasteiger partial charge in [-0.05, 0) is 67.1 Å². The molecule has 0 saturated heterocycles. The van der Waals surface area contributed by atoms with Crippen molar-refractivity contribution in [3.8, 4) is 17.2 Å². The fraction of sp³-hybridized carbons (Fsp3) is 0.409. The molecule has 4 rings (SSSR count). The summed E-state index contributed by atoms with van der Waals surface area (Å²) in [4.78, 5) is 14.3. The fourth-order valence-corrected chi connectivity index (χ4v) is 3.92. The van der Waals surface area contributed by atoms with Crippen LogP contribution in [0.5, 0.6) is 17.2 Å². The zero-order chi connectivity index (χ0) is 18.8. The van der Waals surface area contributed by atoms with Crippen molar-refractivity contribution < 1.29 is 14.6 Å². The van der Waals surface area contributed by atoms with Crippen molar-refractivity contribution in [3.63, 3.8) is 0 Å². The lowest BCUT2D eigenvalue weighted by molar-refractivity contribution is 0.0962. The molecule has 1 fully saturated rings. The number of ether oxygens (including phenoxy) is 1. The van der Waals surface area contributed by atoms with E-state index in [2.05, 4.69) is 22.3 Å². The third-order valence-electron chi connectivity index (χ3n) is 5.78. The summed E-state index contributed by atoms with van der Waals surface area (Å²) in [6.45, 7) is 2.24. The van der Waals surface area contributed by atoms with Gasteiger partial charge < -0.3 is 15.2 Å². The van der Waals surface area contributed by atoms with E-state index in [0.29, 0.717) is 17.1 Å². The summed E-state index contributed by atoms with van der Waals surface area (Å²) < 4.78 is 5.90. The normalized spacial score (nSPS) is 17.5. The molecule has 2 aromatic carbocycles. The van der Waals surface area contributed by atoms with E-state index in [-0.39, 0.29) is 11.7 Å². The van der Waals surface area contributed by atoms with Crippen LogP contribution in [0.25, 0.3) is 0 Å². The number of benzene rings is 2. The molecule has 0 aromatic heterocycles. The lowest BCUT2D eigenvalue weighted by atomic mass is 9.91. The molecule has 1 aliphatic carbocycles. The quantitative estimate of drug-likeness (QED) is 0.869. The second kappa shape index (κ2) is 7.61. The maximum atomic E-state index is 11.7. The van der Waals surface area contributed by atoms with Gasteiger partial charge in [-0.1, -0.05) is 12.5 Å². The number of phenolic OH excluding ortho intramolecular Hbond substituents is 1. The van der Waals surface area contributed by atoms with Crippen LogP contribution < -0.4 is 10.1 Å². The Labute approximate surface area is 160 Å². The molecule has 0 radical (unpaired) electrons. The molecule has 1 aliphatic heterocycles. The van der Waals surface area contributed by atoms with E-state index in [1.807, 2.05) is 6.07 Å². The number of carbonyl (C=O) groups is 1. The van der Waals surface area contributed by atoms with E-state index < -0.39 is 0 Å². The molecule has 5 heteroatoms. The Morgan fingerprint density at radius 1 is 1.11 bits per heavy atom. The SMILES string of the molecule is CNC(=O)c1ccc(Oc2ccc3c(c2)CCN(C2CCC2)CC3)c(O)c1. The van der Waals surface area contributed by atoms with E-state index in [4.69, 9.17) is 4.74 Å². The highest BCUT2D eigenvalue weighted by atomic mass is 16.5. The predicted octanol–water partition coefficient (Wildman–Crippen LogP) is 3.50. The minimum Gasteiger partial charge on any atom is -0.504 e. The van der Waals surface area contributed by atoms with Gasteiger partial charge in [-0.25, -0.2) is 0 Å². The minimum atomic E-state index is -0.238. The highest BCUT2D eigenvalue weighted by Gasteiger charge is 2.26. The second-order valence-corrected chi connectivity index (χ2v) is 7.41. The predicted molar refractivity (Wildman–Crippen MR) is 105 cm³/mol. The van der Waals surface area contributed by atoms with Crippen LogP contribution in [0.15, 0.2) is 36.4 Å². The van der Waals surface area contributed by atoms with Crippen molar-refractivity contribution in [1.82, 2.24) is 10.2 Å². The van der Waals surface area contributed by atoms with Crippen molar-refractivity contribution in [2.45, 2.75) is 38.1 Å². The number of amides is 1. The number of rotatable bonds is 4. The first-order chi connectivity index (χ1) is 13.1. The van der Waals surface area contributed by atoms with E-state index in [9.17, 15) is 9.90 Å². The van der Waals surface area contributed by atoms with E-state index in [1.165, 1.54) is 36.5 Å².